The van der Waals surface area contributed by atoms with Gasteiger partial charge in [0.05, 0.1) is 0 Å². The molecule has 0 fully saturated rings. The summed E-state index contributed by atoms with van der Waals surface area (Å²) in [4.78, 5) is 15.8. The lowest BCUT2D eigenvalue weighted by atomic mass is 9.94. The molecular formula is C47H27N3O2. The van der Waals surface area contributed by atoms with Gasteiger partial charge in [-0.2, -0.15) is 0 Å². The van der Waals surface area contributed by atoms with Crippen molar-refractivity contribution in [2.45, 2.75) is 0 Å². The summed E-state index contributed by atoms with van der Waals surface area (Å²) in [5, 5.41) is 8.51. The Hall–Kier alpha value is -7.11. The van der Waals surface area contributed by atoms with E-state index in [1.807, 2.05) is 66.7 Å². The van der Waals surface area contributed by atoms with Crippen molar-refractivity contribution in [1.82, 2.24) is 15.0 Å². The first-order valence-electron chi connectivity index (χ1n) is 17.4. The molecule has 242 valence electrons. The van der Waals surface area contributed by atoms with Crippen LogP contribution in [0.15, 0.2) is 173 Å². The van der Waals surface area contributed by atoms with Crippen molar-refractivity contribution in [2.24, 2.45) is 0 Å². The molecule has 0 aliphatic heterocycles. The van der Waals surface area contributed by atoms with Crippen LogP contribution in [0.5, 0.6) is 0 Å². The first-order valence-corrected chi connectivity index (χ1v) is 17.4. The molecule has 11 aromatic rings. The Kier molecular flexibility index (Phi) is 6.18. The number of para-hydroxylation sites is 2. The summed E-state index contributed by atoms with van der Waals surface area (Å²) in [6.07, 6.45) is 0. The zero-order valence-electron chi connectivity index (χ0n) is 27.7. The highest BCUT2D eigenvalue weighted by atomic mass is 16.3. The second-order valence-corrected chi connectivity index (χ2v) is 13.1. The van der Waals surface area contributed by atoms with Gasteiger partial charge in [-0.15, -0.1) is 0 Å². The normalized spacial score (nSPS) is 11.8. The van der Waals surface area contributed by atoms with Crippen molar-refractivity contribution in [1.29, 1.82) is 0 Å². The zero-order chi connectivity index (χ0) is 34.2. The minimum absolute atomic E-state index is 0.567. The zero-order valence-corrected chi connectivity index (χ0v) is 27.7. The van der Waals surface area contributed by atoms with Gasteiger partial charge < -0.3 is 8.83 Å². The molecule has 0 spiro atoms. The molecule has 0 N–H and O–H groups in total. The van der Waals surface area contributed by atoms with Gasteiger partial charge in [0.15, 0.2) is 17.5 Å². The maximum Gasteiger partial charge on any atom is 0.164 e. The van der Waals surface area contributed by atoms with Crippen LogP contribution in [0.2, 0.25) is 0 Å². The van der Waals surface area contributed by atoms with Gasteiger partial charge in [0, 0.05) is 43.6 Å². The predicted octanol–water partition coefficient (Wildman–Crippen LogP) is 12.6. The van der Waals surface area contributed by atoms with Crippen molar-refractivity contribution >= 4 is 65.4 Å². The Morgan fingerprint density at radius 1 is 0.308 bits per heavy atom. The third-order valence-electron chi connectivity index (χ3n) is 10.1. The molecule has 0 atom stereocenters. The monoisotopic (exact) mass is 665 g/mol. The van der Waals surface area contributed by atoms with Crippen molar-refractivity contribution in [2.75, 3.05) is 0 Å². The molecule has 5 heteroatoms. The lowest BCUT2D eigenvalue weighted by Crippen LogP contribution is -2.01. The van der Waals surface area contributed by atoms with Crippen LogP contribution in [-0.2, 0) is 0 Å². The summed E-state index contributed by atoms with van der Waals surface area (Å²) in [6, 6.07) is 56.1. The first kappa shape index (κ1) is 28.7. The third-order valence-corrected chi connectivity index (χ3v) is 10.1. The number of rotatable bonds is 4. The summed E-state index contributed by atoms with van der Waals surface area (Å²) < 4.78 is 13.2. The van der Waals surface area contributed by atoms with Gasteiger partial charge in [0.25, 0.3) is 0 Å². The molecule has 5 nitrogen and oxygen atoms in total. The number of hydrogen-bond donors (Lipinski definition) is 0. The SMILES string of the molecule is c1ccc(-c2cc(-c3nc(-c4ccccc4)nc(-c4cccc5c6ccccc6c6c7ccccc7oc6c45)n3)c3c(c2)oc2ccccc23)cc1. The van der Waals surface area contributed by atoms with E-state index >= 15 is 0 Å². The average Bonchev–Trinajstić information content (AvgIpc) is 3.80. The molecule has 0 aliphatic carbocycles. The van der Waals surface area contributed by atoms with Gasteiger partial charge in [0.1, 0.15) is 22.3 Å². The van der Waals surface area contributed by atoms with Crippen LogP contribution in [0.25, 0.3) is 111 Å². The van der Waals surface area contributed by atoms with Crippen LogP contribution in [-0.4, -0.2) is 15.0 Å². The molecular weight excluding hydrogens is 639 g/mol. The molecule has 3 heterocycles. The second-order valence-electron chi connectivity index (χ2n) is 13.1. The predicted molar refractivity (Wildman–Crippen MR) is 211 cm³/mol. The van der Waals surface area contributed by atoms with E-state index in [1.165, 1.54) is 0 Å². The molecule has 0 unspecified atom stereocenters. The molecule has 8 aromatic carbocycles. The Morgan fingerprint density at radius 3 is 1.60 bits per heavy atom. The lowest BCUT2D eigenvalue weighted by Gasteiger charge is -2.13. The fourth-order valence-electron chi connectivity index (χ4n) is 7.79. The van der Waals surface area contributed by atoms with Crippen LogP contribution in [0.1, 0.15) is 0 Å². The molecule has 52 heavy (non-hydrogen) atoms. The fraction of sp³-hybridized carbons (Fsp3) is 0. The molecule has 11 rings (SSSR count). The van der Waals surface area contributed by atoms with Crippen molar-refractivity contribution in [3.05, 3.63) is 164 Å². The highest BCUT2D eigenvalue weighted by Crippen LogP contribution is 2.45. The molecule has 3 aromatic heterocycles. The van der Waals surface area contributed by atoms with Crippen LogP contribution < -0.4 is 0 Å². The molecule has 0 radical (unpaired) electrons. The number of hydrogen-bond acceptors (Lipinski definition) is 5. The standard InChI is InChI=1S/C47H27N3O2/c1-3-14-28(15-4-1)30-26-37(41-34-20-9-11-24-38(34)51-40(41)27-30)47-49-45(29-16-5-2-6-17-29)48-46(50-47)36-23-13-22-33-31-18-7-8-19-32(31)42-35-21-10-12-25-39(35)52-44(42)43(33)36/h1-27H. The van der Waals surface area contributed by atoms with E-state index in [0.717, 1.165) is 93.2 Å². The number of furan rings is 2. The van der Waals surface area contributed by atoms with E-state index in [2.05, 4.69) is 97.1 Å². The minimum Gasteiger partial charge on any atom is -0.456 e. The molecule has 0 saturated carbocycles. The minimum atomic E-state index is 0.567. The average molecular weight is 666 g/mol. The van der Waals surface area contributed by atoms with Gasteiger partial charge in [0.2, 0.25) is 0 Å². The summed E-state index contributed by atoms with van der Waals surface area (Å²) in [5.74, 6) is 1.72. The van der Waals surface area contributed by atoms with Crippen LogP contribution in [0.4, 0.5) is 0 Å². The largest absolute Gasteiger partial charge is 0.456 e. The maximum atomic E-state index is 6.74. The summed E-state index contributed by atoms with van der Waals surface area (Å²) in [5.41, 5.74) is 8.02. The highest BCUT2D eigenvalue weighted by molar-refractivity contribution is 6.32. The Balaban J connectivity index is 1.27. The maximum absolute atomic E-state index is 6.74. The van der Waals surface area contributed by atoms with Gasteiger partial charge in [-0.1, -0.05) is 140 Å². The molecule has 0 bridgehead atoms. The van der Waals surface area contributed by atoms with Gasteiger partial charge in [-0.3, -0.25) is 0 Å². The van der Waals surface area contributed by atoms with E-state index < -0.39 is 0 Å². The van der Waals surface area contributed by atoms with Crippen LogP contribution >= 0.6 is 0 Å². The topological polar surface area (TPSA) is 65.0 Å². The quantitative estimate of drug-likeness (QED) is 0.175. The van der Waals surface area contributed by atoms with Crippen molar-refractivity contribution in [3.8, 4) is 45.3 Å². The van der Waals surface area contributed by atoms with Gasteiger partial charge >= 0.3 is 0 Å². The summed E-state index contributed by atoms with van der Waals surface area (Å²) in [6.45, 7) is 0. The molecule has 0 saturated heterocycles. The Morgan fingerprint density at radius 2 is 0.846 bits per heavy atom. The van der Waals surface area contributed by atoms with Gasteiger partial charge in [-0.25, -0.2) is 15.0 Å². The van der Waals surface area contributed by atoms with E-state index in [1.54, 1.807) is 0 Å². The number of aromatic nitrogens is 3. The van der Waals surface area contributed by atoms with Gasteiger partial charge in [-0.05, 0) is 51.6 Å². The second kappa shape index (κ2) is 11.2. The summed E-state index contributed by atoms with van der Waals surface area (Å²) in [7, 11) is 0. The van der Waals surface area contributed by atoms with Crippen LogP contribution in [0.3, 0.4) is 0 Å². The lowest BCUT2D eigenvalue weighted by molar-refractivity contribution is 0.669. The number of nitrogens with zero attached hydrogens (tertiary/aromatic N) is 3. The van der Waals surface area contributed by atoms with Crippen LogP contribution in [0, 0.1) is 0 Å². The van der Waals surface area contributed by atoms with E-state index in [9.17, 15) is 0 Å². The Bertz CT molecular complexity index is 3180. The third kappa shape index (κ3) is 4.33. The molecule has 0 amide bonds. The number of fused-ring (bicyclic) bond motifs is 11. The van der Waals surface area contributed by atoms with Crippen molar-refractivity contribution < 1.29 is 8.83 Å². The number of benzene rings is 8. The fourth-order valence-corrected chi connectivity index (χ4v) is 7.79. The van der Waals surface area contributed by atoms with E-state index in [-0.39, 0.29) is 0 Å². The van der Waals surface area contributed by atoms with Crippen molar-refractivity contribution in [3.63, 3.8) is 0 Å². The first-order chi connectivity index (χ1) is 25.8. The highest BCUT2D eigenvalue weighted by Gasteiger charge is 2.23. The van der Waals surface area contributed by atoms with E-state index in [0.29, 0.717) is 17.5 Å². The Labute approximate surface area is 297 Å². The molecule has 0 aliphatic rings. The van der Waals surface area contributed by atoms with E-state index in [4.69, 9.17) is 23.8 Å². The summed E-state index contributed by atoms with van der Waals surface area (Å²) >= 11 is 0. The smallest absolute Gasteiger partial charge is 0.164 e.